The van der Waals surface area contributed by atoms with Crippen molar-refractivity contribution in [3.05, 3.63) is 28.8 Å². The highest BCUT2D eigenvalue weighted by Crippen LogP contribution is 2.38. The Morgan fingerprint density at radius 2 is 2.20 bits per heavy atom. The van der Waals surface area contributed by atoms with Gasteiger partial charge in [0.2, 0.25) is 5.91 Å². The zero-order valence-electron chi connectivity index (χ0n) is 14.6. The molecule has 1 N–H and O–H groups in total. The Kier molecular flexibility index (Phi) is 4.47. The summed E-state index contributed by atoms with van der Waals surface area (Å²) in [6, 6.07) is 5.30. The third-order valence-corrected chi connectivity index (χ3v) is 4.92. The number of aryl methyl sites for hydroxylation is 1. The average molecular weight is 360 g/mol. The zero-order valence-corrected chi connectivity index (χ0v) is 15.4. The van der Waals surface area contributed by atoms with Crippen LogP contribution in [0.5, 0.6) is 5.75 Å². The molecule has 0 saturated heterocycles. The number of hydrogen-bond acceptors (Lipinski definition) is 6. The number of hydrogen-bond donors (Lipinski definition) is 1. The molecule has 0 saturated carbocycles. The van der Waals surface area contributed by atoms with E-state index >= 15 is 0 Å². The van der Waals surface area contributed by atoms with Crippen molar-refractivity contribution in [1.29, 1.82) is 0 Å². The van der Waals surface area contributed by atoms with Gasteiger partial charge in [-0.05, 0) is 51.4 Å². The molecule has 7 nitrogen and oxygen atoms in total. The molecule has 1 aliphatic heterocycles. The third-order valence-electron chi connectivity index (χ3n) is 4.10. The molecule has 2 amide bonds. The number of ether oxygens (including phenoxy) is 1. The molecular formula is C17H20N4O3S. The number of aromatic nitrogens is 2. The predicted molar refractivity (Wildman–Crippen MR) is 96.3 cm³/mol. The summed E-state index contributed by atoms with van der Waals surface area (Å²) in [6.45, 7) is 8.24. The van der Waals surface area contributed by atoms with Gasteiger partial charge in [0.25, 0.3) is 5.91 Å². The van der Waals surface area contributed by atoms with Crippen molar-refractivity contribution in [2.75, 3.05) is 23.4 Å². The summed E-state index contributed by atoms with van der Waals surface area (Å²) in [5.41, 5.74) is 1.30. The number of carbonyl (C=O) groups excluding carboxylic acids is 2. The Bertz CT molecular complexity index is 831. The second kappa shape index (κ2) is 6.44. The molecule has 2 heterocycles. The molecule has 3 rings (SSSR count). The van der Waals surface area contributed by atoms with Gasteiger partial charge in [0.15, 0.2) is 0 Å². The maximum Gasteiger partial charge on any atom is 0.269 e. The average Bonchev–Trinajstić information content (AvgIpc) is 2.97. The summed E-state index contributed by atoms with van der Waals surface area (Å²) in [5.74, 6) is 0.347. The van der Waals surface area contributed by atoms with Crippen LogP contribution < -0.4 is 15.0 Å². The van der Waals surface area contributed by atoms with E-state index < -0.39 is 5.41 Å². The Morgan fingerprint density at radius 1 is 1.44 bits per heavy atom. The lowest BCUT2D eigenvalue weighted by Crippen LogP contribution is -2.42. The van der Waals surface area contributed by atoms with Crippen LogP contribution >= 0.6 is 11.5 Å². The van der Waals surface area contributed by atoms with Crippen LogP contribution in [0.3, 0.4) is 0 Å². The van der Waals surface area contributed by atoms with Crippen LogP contribution in [-0.2, 0) is 4.79 Å². The molecule has 0 bridgehead atoms. The van der Waals surface area contributed by atoms with E-state index in [0.29, 0.717) is 34.2 Å². The van der Waals surface area contributed by atoms with Crippen molar-refractivity contribution in [1.82, 2.24) is 9.59 Å². The number of carbonyl (C=O) groups is 2. The molecule has 0 aliphatic carbocycles. The maximum absolute atomic E-state index is 12.7. The van der Waals surface area contributed by atoms with E-state index in [-0.39, 0.29) is 18.4 Å². The number of rotatable bonds is 3. The van der Waals surface area contributed by atoms with Crippen molar-refractivity contribution in [2.24, 2.45) is 5.41 Å². The number of anilines is 2. The van der Waals surface area contributed by atoms with Crippen LogP contribution in [0.15, 0.2) is 18.2 Å². The van der Waals surface area contributed by atoms with Crippen molar-refractivity contribution >= 4 is 34.7 Å². The Morgan fingerprint density at radius 3 is 2.84 bits per heavy atom. The minimum atomic E-state index is -0.607. The molecule has 0 unspecified atom stereocenters. The summed E-state index contributed by atoms with van der Waals surface area (Å²) in [5, 5.41) is 6.67. The van der Waals surface area contributed by atoms with Gasteiger partial charge in [0.05, 0.1) is 16.8 Å². The fourth-order valence-electron chi connectivity index (χ4n) is 2.67. The van der Waals surface area contributed by atoms with Crippen LogP contribution in [0.4, 0.5) is 11.4 Å². The van der Waals surface area contributed by atoms with Gasteiger partial charge in [-0.3, -0.25) is 9.59 Å². The number of benzene rings is 1. The smallest absolute Gasteiger partial charge is 0.269 e. The molecule has 1 aromatic heterocycles. The van der Waals surface area contributed by atoms with Gasteiger partial charge in [-0.1, -0.05) is 4.49 Å². The van der Waals surface area contributed by atoms with Gasteiger partial charge >= 0.3 is 0 Å². The Hall–Kier alpha value is -2.48. The van der Waals surface area contributed by atoms with Gasteiger partial charge < -0.3 is 15.0 Å². The normalized spacial score (nSPS) is 16.0. The van der Waals surface area contributed by atoms with Gasteiger partial charge in [-0.15, -0.1) is 5.10 Å². The highest BCUT2D eigenvalue weighted by Gasteiger charge is 2.37. The largest absolute Gasteiger partial charge is 0.490 e. The van der Waals surface area contributed by atoms with Crippen LogP contribution in [0.25, 0.3) is 0 Å². The lowest BCUT2D eigenvalue weighted by Gasteiger charge is -2.26. The van der Waals surface area contributed by atoms with Gasteiger partial charge in [0, 0.05) is 18.3 Å². The van der Waals surface area contributed by atoms with Crippen LogP contribution in [0, 0.1) is 12.3 Å². The molecule has 1 aliphatic rings. The molecule has 25 heavy (non-hydrogen) atoms. The summed E-state index contributed by atoms with van der Waals surface area (Å²) in [4.78, 5) is 27.2. The standard InChI is InChI=1S/C17H20N4O3S/c1-5-21-12-7-6-11(18-15(22)14-10(2)19-20-25-14)8-13(12)24-9-17(3,4)16(21)23/h6-8H,5,9H2,1-4H3,(H,18,22). The van der Waals surface area contributed by atoms with Crippen molar-refractivity contribution in [3.8, 4) is 5.75 Å². The minimum absolute atomic E-state index is 0.0249. The lowest BCUT2D eigenvalue weighted by molar-refractivity contribution is -0.127. The van der Waals surface area contributed by atoms with E-state index in [1.807, 2.05) is 20.8 Å². The SMILES string of the molecule is CCN1C(=O)C(C)(C)COc2cc(NC(=O)c3snnc3C)ccc21. The minimum Gasteiger partial charge on any atom is -0.490 e. The van der Waals surface area contributed by atoms with E-state index in [4.69, 9.17) is 4.74 Å². The molecule has 0 spiro atoms. The highest BCUT2D eigenvalue weighted by molar-refractivity contribution is 7.08. The summed E-state index contributed by atoms with van der Waals surface area (Å²) >= 11 is 1.06. The van der Waals surface area contributed by atoms with Gasteiger partial charge in [-0.2, -0.15) is 0 Å². The number of nitrogens with one attached hydrogen (secondary N) is 1. The first-order valence-electron chi connectivity index (χ1n) is 8.02. The number of fused-ring (bicyclic) bond motifs is 1. The molecule has 8 heteroatoms. The summed E-state index contributed by atoms with van der Waals surface area (Å²) in [7, 11) is 0. The van der Waals surface area contributed by atoms with Crippen LogP contribution in [0.1, 0.15) is 36.1 Å². The van der Waals surface area contributed by atoms with Crippen molar-refractivity contribution in [3.63, 3.8) is 0 Å². The van der Waals surface area contributed by atoms with Crippen LogP contribution in [-0.4, -0.2) is 34.6 Å². The molecule has 1 aromatic carbocycles. The van der Waals surface area contributed by atoms with Gasteiger partial charge in [-0.25, -0.2) is 0 Å². The van der Waals surface area contributed by atoms with E-state index in [9.17, 15) is 9.59 Å². The molecule has 2 aromatic rings. The Balaban J connectivity index is 1.90. The fraction of sp³-hybridized carbons (Fsp3) is 0.412. The molecule has 0 radical (unpaired) electrons. The van der Waals surface area contributed by atoms with E-state index in [1.54, 1.807) is 30.0 Å². The maximum atomic E-state index is 12.7. The first-order valence-corrected chi connectivity index (χ1v) is 8.80. The van der Waals surface area contributed by atoms with E-state index in [0.717, 1.165) is 11.5 Å². The quantitative estimate of drug-likeness (QED) is 0.910. The molecule has 0 fully saturated rings. The second-order valence-corrected chi connectivity index (χ2v) is 7.30. The molecular weight excluding hydrogens is 340 g/mol. The van der Waals surface area contributed by atoms with Crippen LogP contribution in [0.2, 0.25) is 0 Å². The monoisotopic (exact) mass is 360 g/mol. The highest BCUT2D eigenvalue weighted by atomic mass is 32.1. The molecule has 0 atom stereocenters. The summed E-state index contributed by atoms with van der Waals surface area (Å²) in [6.07, 6.45) is 0. The van der Waals surface area contributed by atoms with E-state index in [2.05, 4.69) is 14.9 Å². The number of amides is 2. The van der Waals surface area contributed by atoms with Crippen molar-refractivity contribution < 1.29 is 14.3 Å². The lowest BCUT2D eigenvalue weighted by atomic mass is 9.93. The topological polar surface area (TPSA) is 84.4 Å². The Labute approximate surface area is 150 Å². The zero-order chi connectivity index (χ0) is 18.2. The van der Waals surface area contributed by atoms with E-state index in [1.165, 1.54) is 0 Å². The fourth-order valence-corrected chi connectivity index (χ4v) is 3.22. The van der Waals surface area contributed by atoms with Gasteiger partial charge in [0.1, 0.15) is 17.2 Å². The first-order chi connectivity index (χ1) is 11.8. The predicted octanol–water partition coefficient (Wildman–Crippen LogP) is 2.87. The summed E-state index contributed by atoms with van der Waals surface area (Å²) < 4.78 is 9.64. The first kappa shape index (κ1) is 17.3. The van der Waals surface area contributed by atoms with Crippen molar-refractivity contribution in [2.45, 2.75) is 27.7 Å². The molecule has 132 valence electrons. The number of nitrogens with zero attached hydrogens (tertiary/aromatic N) is 3. The second-order valence-electron chi connectivity index (χ2n) is 6.55. The third kappa shape index (κ3) is 3.21.